The minimum absolute atomic E-state index is 0.0524. The highest BCUT2D eigenvalue weighted by Crippen LogP contribution is 2.54. The van der Waals surface area contributed by atoms with Gasteiger partial charge in [-0.3, -0.25) is 4.79 Å². The number of fused-ring (bicyclic) bond motifs is 1. The van der Waals surface area contributed by atoms with Crippen LogP contribution in [-0.4, -0.2) is 39.7 Å². The van der Waals surface area contributed by atoms with Gasteiger partial charge in [-0.2, -0.15) is 5.10 Å². The summed E-state index contributed by atoms with van der Waals surface area (Å²) < 4.78 is 38.6. The van der Waals surface area contributed by atoms with Gasteiger partial charge in [0, 0.05) is 12.0 Å². The molecule has 2 heterocycles. The summed E-state index contributed by atoms with van der Waals surface area (Å²) in [5, 5.41) is 7.27. The number of carbonyl (C=O) groups is 2. The molecule has 0 saturated heterocycles. The minimum Gasteiger partial charge on any atom is -0.466 e. The number of imidazole rings is 1. The molecule has 0 aliphatic heterocycles. The second kappa shape index (κ2) is 11.9. The van der Waals surface area contributed by atoms with Gasteiger partial charge in [0.15, 0.2) is 10.8 Å². The normalized spacial score (nSPS) is 16.9. The zero-order valence-corrected chi connectivity index (χ0v) is 22.3. The lowest BCUT2D eigenvalue weighted by Crippen LogP contribution is -2.36. The predicted octanol–water partition coefficient (Wildman–Crippen LogP) is 6.09. The molecule has 208 valence electrons. The second-order valence-corrected chi connectivity index (χ2v) is 10.6. The van der Waals surface area contributed by atoms with Crippen LogP contribution in [0.4, 0.5) is 13.6 Å². The first-order chi connectivity index (χ1) is 18.8. The van der Waals surface area contributed by atoms with Crippen molar-refractivity contribution >= 4 is 29.3 Å². The average Bonchev–Trinajstić information content (AvgIpc) is 3.85. The maximum Gasteiger partial charge on any atom is 0.408 e. The number of ether oxygens (including phenoxy) is 2. The first-order valence-electron chi connectivity index (χ1n) is 13.3. The molecule has 0 radical (unpaired) electrons. The topological polar surface area (TPSA) is 94.8 Å². The molecule has 5 rings (SSSR count). The van der Waals surface area contributed by atoms with E-state index in [0.29, 0.717) is 23.2 Å². The molecular formula is C28H31ClF2N4O4. The van der Waals surface area contributed by atoms with E-state index in [4.69, 9.17) is 26.1 Å². The van der Waals surface area contributed by atoms with Gasteiger partial charge in [0.05, 0.1) is 30.5 Å². The fraction of sp³-hybridized carbons (Fsp3) is 0.500. The van der Waals surface area contributed by atoms with Crippen molar-refractivity contribution in [1.82, 2.24) is 19.9 Å². The number of carbonyl (C=O) groups excluding carboxylic acids is 2. The van der Waals surface area contributed by atoms with Gasteiger partial charge in [0.1, 0.15) is 6.61 Å². The Morgan fingerprint density at radius 1 is 1.13 bits per heavy atom. The lowest BCUT2D eigenvalue weighted by Gasteiger charge is -2.26. The molecule has 1 amide bonds. The summed E-state index contributed by atoms with van der Waals surface area (Å²) >= 11 is 6.38. The molecule has 1 N–H and O–H groups in total. The van der Waals surface area contributed by atoms with Crippen molar-refractivity contribution in [2.24, 2.45) is 17.8 Å². The highest BCUT2D eigenvalue weighted by Gasteiger charge is 2.47. The van der Waals surface area contributed by atoms with E-state index < -0.39 is 36.9 Å². The van der Waals surface area contributed by atoms with Gasteiger partial charge in [-0.15, -0.1) is 0 Å². The molecule has 2 fully saturated rings. The molecule has 39 heavy (non-hydrogen) atoms. The number of aromatic nitrogens is 3. The SMILES string of the molecule is CCOC(=O)C(CC(F)F)c1cc2nc(C(NC(=O)OCc3ccccc3)C(C3CC3)C3CC3)cn2nc1Cl. The Balaban J connectivity index is 1.43. The van der Waals surface area contributed by atoms with E-state index in [2.05, 4.69) is 10.4 Å². The van der Waals surface area contributed by atoms with Gasteiger partial charge in [-0.05, 0) is 62.0 Å². The molecule has 3 aromatic rings. The van der Waals surface area contributed by atoms with Crippen LogP contribution >= 0.6 is 11.6 Å². The highest BCUT2D eigenvalue weighted by molar-refractivity contribution is 6.30. The van der Waals surface area contributed by atoms with Crippen LogP contribution in [0.2, 0.25) is 5.15 Å². The van der Waals surface area contributed by atoms with Gasteiger partial charge < -0.3 is 14.8 Å². The summed E-state index contributed by atoms with van der Waals surface area (Å²) in [4.78, 5) is 30.1. The maximum atomic E-state index is 13.3. The summed E-state index contributed by atoms with van der Waals surface area (Å²) in [5.41, 5.74) is 1.93. The molecule has 8 nitrogen and oxygen atoms in total. The van der Waals surface area contributed by atoms with E-state index >= 15 is 0 Å². The van der Waals surface area contributed by atoms with Crippen LogP contribution in [0.15, 0.2) is 42.6 Å². The Morgan fingerprint density at radius 3 is 2.44 bits per heavy atom. The Bertz CT molecular complexity index is 1300. The van der Waals surface area contributed by atoms with E-state index in [1.54, 1.807) is 13.1 Å². The Hall–Kier alpha value is -3.27. The van der Waals surface area contributed by atoms with Crippen molar-refractivity contribution in [3.8, 4) is 0 Å². The lowest BCUT2D eigenvalue weighted by molar-refractivity contribution is -0.146. The third kappa shape index (κ3) is 6.66. The summed E-state index contributed by atoms with van der Waals surface area (Å²) in [6.45, 7) is 1.80. The number of alkyl halides is 2. The molecule has 2 atom stereocenters. The van der Waals surface area contributed by atoms with Gasteiger partial charge in [0.25, 0.3) is 0 Å². The number of nitrogens with one attached hydrogen (secondary N) is 1. The summed E-state index contributed by atoms with van der Waals surface area (Å²) in [7, 11) is 0. The molecule has 2 saturated carbocycles. The average molecular weight is 561 g/mol. The molecule has 2 unspecified atom stereocenters. The van der Waals surface area contributed by atoms with Crippen LogP contribution in [0, 0.1) is 17.8 Å². The summed E-state index contributed by atoms with van der Waals surface area (Å²) in [6, 6.07) is 10.5. The van der Waals surface area contributed by atoms with E-state index in [0.717, 1.165) is 31.2 Å². The van der Waals surface area contributed by atoms with E-state index in [-0.39, 0.29) is 29.8 Å². The van der Waals surface area contributed by atoms with Gasteiger partial charge in [0.2, 0.25) is 6.43 Å². The molecular weight excluding hydrogens is 530 g/mol. The van der Waals surface area contributed by atoms with Crippen molar-refractivity contribution < 1.29 is 27.8 Å². The largest absolute Gasteiger partial charge is 0.466 e. The van der Waals surface area contributed by atoms with E-state index in [1.165, 1.54) is 10.6 Å². The Kier molecular flexibility index (Phi) is 8.30. The number of hydrogen-bond donors (Lipinski definition) is 1. The smallest absolute Gasteiger partial charge is 0.408 e. The third-order valence-corrected chi connectivity index (χ3v) is 7.63. The monoisotopic (exact) mass is 560 g/mol. The highest BCUT2D eigenvalue weighted by atomic mass is 35.5. The number of esters is 1. The number of alkyl carbamates (subject to hydrolysis) is 1. The first kappa shape index (κ1) is 27.3. The van der Waals surface area contributed by atoms with E-state index in [9.17, 15) is 18.4 Å². The van der Waals surface area contributed by atoms with Crippen molar-refractivity contribution in [3.63, 3.8) is 0 Å². The van der Waals surface area contributed by atoms with Gasteiger partial charge >= 0.3 is 12.1 Å². The number of halogens is 3. The zero-order valence-electron chi connectivity index (χ0n) is 21.6. The number of benzene rings is 1. The van der Waals surface area contributed by atoms with Gasteiger partial charge in [-0.1, -0.05) is 41.9 Å². The van der Waals surface area contributed by atoms with Crippen LogP contribution in [0.25, 0.3) is 5.65 Å². The summed E-state index contributed by atoms with van der Waals surface area (Å²) in [6.07, 6.45) is 2.03. The summed E-state index contributed by atoms with van der Waals surface area (Å²) in [5.74, 6) is -0.912. The van der Waals surface area contributed by atoms with Crippen LogP contribution in [0.5, 0.6) is 0 Å². The number of hydrogen-bond acceptors (Lipinski definition) is 6. The van der Waals surface area contributed by atoms with Crippen molar-refractivity contribution in [3.05, 3.63) is 64.6 Å². The van der Waals surface area contributed by atoms with Gasteiger partial charge in [-0.25, -0.2) is 23.1 Å². The number of rotatable bonds is 12. The molecule has 11 heteroatoms. The molecule has 1 aromatic carbocycles. The molecule has 0 spiro atoms. The standard InChI is InChI=1S/C28H31ClF2N4O4/c1-2-38-27(36)20(12-22(30)31)19-13-23-32-21(14-35(23)34-26(19)29)25(24(17-8-9-17)18-10-11-18)33-28(37)39-15-16-6-4-3-5-7-16/h3-7,13-14,17-18,20,22,24-25H,2,8-12,15H2,1H3,(H,33,37). The van der Waals surface area contributed by atoms with Crippen LogP contribution in [0.3, 0.4) is 0 Å². The van der Waals surface area contributed by atoms with Crippen LogP contribution < -0.4 is 5.32 Å². The molecule has 2 aliphatic carbocycles. The van der Waals surface area contributed by atoms with Crippen molar-refractivity contribution in [2.45, 2.75) is 64.0 Å². The predicted molar refractivity (Wildman–Crippen MR) is 139 cm³/mol. The van der Waals surface area contributed by atoms with Crippen molar-refractivity contribution in [1.29, 1.82) is 0 Å². The first-order valence-corrected chi connectivity index (χ1v) is 13.7. The van der Waals surface area contributed by atoms with Crippen LogP contribution in [0.1, 0.15) is 67.8 Å². The van der Waals surface area contributed by atoms with Crippen LogP contribution in [-0.2, 0) is 20.9 Å². The second-order valence-electron chi connectivity index (χ2n) is 10.2. The number of amides is 1. The maximum absolute atomic E-state index is 13.3. The molecule has 2 aromatic heterocycles. The number of nitrogens with zero attached hydrogens (tertiary/aromatic N) is 3. The lowest BCUT2D eigenvalue weighted by atomic mass is 9.88. The molecule has 0 bridgehead atoms. The van der Waals surface area contributed by atoms with Crippen molar-refractivity contribution in [2.75, 3.05) is 6.61 Å². The van der Waals surface area contributed by atoms with E-state index in [1.807, 2.05) is 30.3 Å². The fourth-order valence-electron chi connectivity index (χ4n) is 5.25. The Morgan fingerprint density at radius 2 is 1.82 bits per heavy atom. The quantitative estimate of drug-likeness (QED) is 0.269. The zero-order chi connectivity index (χ0) is 27.5. The fourth-order valence-corrected chi connectivity index (χ4v) is 5.52. The third-order valence-electron chi connectivity index (χ3n) is 7.33. The Labute approximate surface area is 230 Å². The molecule has 2 aliphatic rings. The minimum atomic E-state index is -2.74.